The lowest BCUT2D eigenvalue weighted by atomic mass is 9.67. The van der Waals surface area contributed by atoms with Crippen LogP contribution in [0.4, 0.5) is 0 Å². The van der Waals surface area contributed by atoms with Crippen LogP contribution in [0.2, 0.25) is 0 Å². The molecule has 0 saturated heterocycles. The molecule has 57 heavy (non-hydrogen) atoms. The fourth-order valence-corrected chi connectivity index (χ4v) is 7.98. The fourth-order valence-electron chi connectivity index (χ4n) is 7.98. The number of ether oxygens (including phenoxy) is 1. The molecule has 0 radical (unpaired) electrons. The Balaban J connectivity index is 2.05. The van der Waals surface area contributed by atoms with Crippen molar-refractivity contribution in [1.29, 1.82) is 0 Å². The molecule has 2 aliphatic rings. The Morgan fingerprint density at radius 3 is 1.96 bits per heavy atom. The predicted molar refractivity (Wildman–Crippen MR) is 242 cm³/mol. The molecule has 0 aromatic carbocycles. The van der Waals surface area contributed by atoms with Gasteiger partial charge in [-0.15, -0.1) is 0 Å². The van der Waals surface area contributed by atoms with Crippen LogP contribution in [0.1, 0.15) is 146 Å². The van der Waals surface area contributed by atoms with Gasteiger partial charge in [-0.3, -0.25) is 4.79 Å². The number of aliphatic hydroxyl groups excluding tert-OH is 2. The molecule has 3 atom stereocenters. The Hall–Kier alpha value is -3.80. The van der Waals surface area contributed by atoms with Crippen molar-refractivity contribution in [1.82, 2.24) is 0 Å². The maximum atomic E-state index is 13.7. The summed E-state index contributed by atoms with van der Waals surface area (Å²) in [6, 6.07) is 0. The maximum Gasteiger partial charge on any atom is 0.330 e. The van der Waals surface area contributed by atoms with E-state index in [2.05, 4.69) is 91.8 Å². The molecule has 5 nitrogen and oxygen atoms in total. The van der Waals surface area contributed by atoms with Gasteiger partial charge in [0.05, 0.1) is 12.2 Å². The lowest BCUT2D eigenvalue weighted by Crippen LogP contribution is -2.32. The molecule has 0 spiro atoms. The van der Waals surface area contributed by atoms with E-state index in [0.717, 1.165) is 41.6 Å². The van der Waals surface area contributed by atoms with Gasteiger partial charge in [0.1, 0.15) is 6.61 Å². The number of rotatable bonds is 22. The van der Waals surface area contributed by atoms with E-state index in [4.69, 9.17) is 4.74 Å². The van der Waals surface area contributed by atoms with Crippen molar-refractivity contribution in [3.63, 3.8) is 0 Å². The normalized spacial score (nSPS) is 22.5. The zero-order valence-corrected chi connectivity index (χ0v) is 37.2. The molecule has 0 aromatic rings. The van der Waals surface area contributed by atoms with Crippen LogP contribution in [0, 0.1) is 16.7 Å². The van der Waals surface area contributed by atoms with Gasteiger partial charge in [0.25, 0.3) is 0 Å². The predicted octanol–water partition coefficient (Wildman–Crippen LogP) is 13.0. The van der Waals surface area contributed by atoms with Gasteiger partial charge in [-0.05, 0) is 77.6 Å². The molecule has 0 fully saturated rings. The third-order valence-electron chi connectivity index (χ3n) is 11.2. The summed E-state index contributed by atoms with van der Waals surface area (Å²) in [5.41, 5.74) is 6.82. The number of carbonyl (C=O) groups is 2. The molecular weight excluding hydrogens is 705 g/mol. The topological polar surface area (TPSA) is 83.8 Å². The summed E-state index contributed by atoms with van der Waals surface area (Å²) in [7, 11) is 0. The van der Waals surface area contributed by atoms with Crippen LogP contribution >= 0.6 is 0 Å². The summed E-state index contributed by atoms with van der Waals surface area (Å²) in [4.78, 5) is 26.3. The highest BCUT2D eigenvalue weighted by atomic mass is 16.5. The Morgan fingerprint density at radius 2 is 1.35 bits per heavy atom. The number of hydrogen-bond donors (Lipinski definition) is 2. The van der Waals surface area contributed by atoms with E-state index in [1.54, 1.807) is 6.08 Å². The minimum atomic E-state index is -0.437. The molecule has 2 rings (SSSR count). The lowest BCUT2D eigenvalue weighted by Gasteiger charge is -2.38. The van der Waals surface area contributed by atoms with Gasteiger partial charge in [0, 0.05) is 24.0 Å². The minimum absolute atomic E-state index is 0.0219. The van der Waals surface area contributed by atoms with E-state index < -0.39 is 12.1 Å². The van der Waals surface area contributed by atoms with E-state index >= 15 is 0 Å². The number of Topliss-reactive ketones (excluding diaryl/α,β-unsaturated/α-hetero) is 1. The molecule has 0 aromatic heterocycles. The molecule has 0 amide bonds. The molecule has 0 aliphatic heterocycles. The monoisotopic (exact) mass is 781 g/mol. The van der Waals surface area contributed by atoms with Crippen LogP contribution in [0.3, 0.4) is 0 Å². The average molecular weight is 781 g/mol. The van der Waals surface area contributed by atoms with Crippen molar-refractivity contribution in [2.45, 2.75) is 158 Å². The van der Waals surface area contributed by atoms with E-state index in [1.807, 2.05) is 56.4 Å². The fraction of sp³-hybridized carbons (Fsp3) is 0.538. The van der Waals surface area contributed by atoms with Crippen LogP contribution in [0.5, 0.6) is 0 Å². The number of hydrogen-bond acceptors (Lipinski definition) is 5. The summed E-state index contributed by atoms with van der Waals surface area (Å²) < 4.78 is 5.58. The van der Waals surface area contributed by atoms with E-state index in [9.17, 15) is 19.8 Å². The summed E-state index contributed by atoms with van der Waals surface area (Å²) in [6.07, 6.45) is 40.5. The second-order valence-electron chi connectivity index (χ2n) is 17.8. The quantitative estimate of drug-likeness (QED) is 0.0376. The van der Waals surface area contributed by atoms with Crippen molar-refractivity contribution < 1.29 is 24.5 Å². The second kappa shape index (κ2) is 25.5. The lowest BCUT2D eigenvalue weighted by molar-refractivity contribution is -0.137. The summed E-state index contributed by atoms with van der Waals surface area (Å²) in [5.74, 6) is -0.199. The van der Waals surface area contributed by atoms with Crippen molar-refractivity contribution in [2.75, 3.05) is 6.61 Å². The average Bonchev–Trinajstić information content (AvgIpc) is 3.11. The third kappa shape index (κ3) is 19.5. The number of esters is 1. The van der Waals surface area contributed by atoms with Crippen molar-refractivity contribution >= 4 is 11.8 Å². The van der Waals surface area contributed by atoms with E-state index in [0.29, 0.717) is 24.3 Å². The first-order valence-corrected chi connectivity index (χ1v) is 21.5. The Bertz CT molecular complexity index is 1660. The van der Waals surface area contributed by atoms with Gasteiger partial charge < -0.3 is 14.9 Å². The molecule has 0 saturated carbocycles. The number of allylic oxidation sites excluding steroid dienone is 18. The van der Waals surface area contributed by atoms with Crippen molar-refractivity contribution in [3.8, 4) is 0 Å². The summed E-state index contributed by atoms with van der Waals surface area (Å²) >= 11 is 0. The van der Waals surface area contributed by atoms with Crippen LogP contribution < -0.4 is 0 Å². The van der Waals surface area contributed by atoms with Crippen molar-refractivity contribution in [3.05, 3.63) is 130 Å². The van der Waals surface area contributed by atoms with Gasteiger partial charge in [-0.2, -0.15) is 0 Å². The molecule has 0 bridgehead atoms. The molecule has 0 unspecified atom stereocenters. The van der Waals surface area contributed by atoms with E-state index in [-0.39, 0.29) is 35.7 Å². The minimum Gasteiger partial charge on any atom is -0.458 e. The first kappa shape index (κ1) is 49.3. The number of carbonyl (C=O) groups excluding carboxylic acids is 2. The molecule has 5 heteroatoms. The van der Waals surface area contributed by atoms with Crippen LogP contribution in [0.15, 0.2) is 130 Å². The third-order valence-corrected chi connectivity index (χ3v) is 11.2. The highest BCUT2D eigenvalue weighted by Gasteiger charge is 2.35. The maximum absolute atomic E-state index is 13.7. The summed E-state index contributed by atoms with van der Waals surface area (Å²) in [5, 5.41) is 20.5. The van der Waals surface area contributed by atoms with E-state index in [1.165, 1.54) is 55.7 Å². The van der Waals surface area contributed by atoms with Crippen LogP contribution in [0.25, 0.3) is 0 Å². The summed E-state index contributed by atoms with van der Waals surface area (Å²) in [6.45, 7) is 21.0. The first-order valence-electron chi connectivity index (χ1n) is 21.5. The second-order valence-corrected chi connectivity index (χ2v) is 17.8. The van der Waals surface area contributed by atoms with Gasteiger partial charge in [0.2, 0.25) is 0 Å². The first-order chi connectivity index (χ1) is 26.9. The zero-order chi connectivity index (χ0) is 42.4. The number of aliphatic hydroxyl groups is 2. The van der Waals surface area contributed by atoms with Gasteiger partial charge >= 0.3 is 5.97 Å². The largest absolute Gasteiger partial charge is 0.458 e. The van der Waals surface area contributed by atoms with Gasteiger partial charge in [0.15, 0.2) is 5.78 Å². The SMILES string of the molecule is CCCCCCCCC/C=C/C(=O)OC\C(=C/C=C/C(C)=C/C=C/C=C(C)/C=C/C=C(C)/C=C/[C@@H]1C(C)=C[C@H](O)CC1(C)C)C(=O)CC1=C(C)C[C@@H](O)CC1(C)C. The Kier molecular flexibility index (Phi) is 22.1. The molecule has 2 aliphatic carbocycles. The molecule has 314 valence electrons. The Labute approximate surface area is 347 Å². The highest BCUT2D eigenvalue weighted by molar-refractivity contribution is 5.98. The number of ketones is 1. The molecular formula is C52H76O5. The van der Waals surface area contributed by atoms with Crippen molar-refractivity contribution in [2.24, 2.45) is 16.7 Å². The molecule has 0 heterocycles. The number of unbranched alkanes of at least 4 members (excludes halogenated alkanes) is 7. The van der Waals surface area contributed by atoms with Crippen LogP contribution in [-0.2, 0) is 14.3 Å². The van der Waals surface area contributed by atoms with Gasteiger partial charge in [-0.1, -0.05) is 192 Å². The van der Waals surface area contributed by atoms with Crippen LogP contribution in [-0.4, -0.2) is 40.8 Å². The zero-order valence-electron chi connectivity index (χ0n) is 37.2. The smallest absolute Gasteiger partial charge is 0.330 e. The Morgan fingerprint density at radius 1 is 0.772 bits per heavy atom. The standard InChI is InChI=1S/C52H76O5/c1-11-12-13-14-15-16-17-18-19-30-50(56)57-38-44(49(55)35-48-43(6)34-46(54)37-52(48,9)10)29-23-28-40(3)25-21-20-24-39(2)26-22-27-41(4)31-32-47-42(5)33-45(53)36-51(47,7)8/h19-33,45-47,53-54H,11-18,34-38H2,1-10H3/b21-20+,26-22+,28-23+,30-19+,32-31+,39-24+,40-25+,41-27+,44-29+/t45-,46+,47+/m0/s1. The van der Waals surface area contributed by atoms with Gasteiger partial charge in [-0.25, -0.2) is 4.79 Å². The molecule has 2 N–H and O–H groups in total. The highest BCUT2D eigenvalue weighted by Crippen LogP contribution is 2.43.